The van der Waals surface area contributed by atoms with Gasteiger partial charge in [0.2, 0.25) is 0 Å². The molecule has 1 aromatic heterocycles. The van der Waals surface area contributed by atoms with Crippen LogP contribution in [-0.2, 0) is 0 Å². The van der Waals surface area contributed by atoms with Crippen LogP contribution in [0.4, 0.5) is 11.4 Å². The molecule has 3 rings (SSSR count). The second kappa shape index (κ2) is 7.86. The number of benzene rings is 2. The molecule has 1 atom stereocenters. The number of amides is 1. The molecule has 0 fully saturated rings. The zero-order chi connectivity index (χ0) is 19.4. The van der Waals surface area contributed by atoms with Gasteiger partial charge >= 0.3 is 0 Å². The highest BCUT2D eigenvalue weighted by Gasteiger charge is 2.16. The van der Waals surface area contributed by atoms with E-state index in [4.69, 9.17) is 4.42 Å². The summed E-state index contributed by atoms with van der Waals surface area (Å²) >= 11 is 0. The maximum atomic E-state index is 12.6. The third-order valence-electron chi connectivity index (χ3n) is 4.52. The van der Waals surface area contributed by atoms with Crippen molar-refractivity contribution in [2.24, 2.45) is 0 Å². The topological polar surface area (TPSA) is 85.4 Å². The first-order chi connectivity index (χ1) is 13.0. The van der Waals surface area contributed by atoms with Crippen molar-refractivity contribution >= 4 is 17.3 Å². The molecule has 2 aromatic carbocycles. The first-order valence-electron chi connectivity index (χ1n) is 8.74. The number of non-ortho nitro benzene ring substituents is 1. The molecule has 0 bridgehead atoms. The SMILES string of the molecule is CC[C@H](C)c1ccccc1NC(=O)c1ccc(-c2cccc([N+](=O)[O-])c2)o1. The van der Waals surface area contributed by atoms with Crippen LogP contribution in [0.1, 0.15) is 42.3 Å². The van der Waals surface area contributed by atoms with E-state index >= 15 is 0 Å². The number of rotatable bonds is 6. The van der Waals surface area contributed by atoms with Crippen LogP contribution in [0.15, 0.2) is 65.1 Å². The summed E-state index contributed by atoms with van der Waals surface area (Å²) in [5.74, 6) is 0.510. The summed E-state index contributed by atoms with van der Waals surface area (Å²) < 4.78 is 5.63. The molecule has 3 aromatic rings. The Morgan fingerprint density at radius 1 is 1.15 bits per heavy atom. The van der Waals surface area contributed by atoms with Gasteiger partial charge in [-0.25, -0.2) is 0 Å². The number of hydrogen-bond acceptors (Lipinski definition) is 4. The van der Waals surface area contributed by atoms with Gasteiger partial charge in [0.05, 0.1) is 4.92 Å². The maximum absolute atomic E-state index is 12.6. The third-order valence-corrected chi connectivity index (χ3v) is 4.52. The van der Waals surface area contributed by atoms with Gasteiger partial charge in [0, 0.05) is 23.4 Å². The van der Waals surface area contributed by atoms with E-state index in [9.17, 15) is 14.9 Å². The first-order valence-corrected chi connectivity index (χ1v) is 8.74. The van der Waals surface area contributed by atoms with E-state index in [1.54, 1.807) is 24.3 Å². The first kappa shape index (κ1) is 18.4. The molecule has 6 heteroatoms. The fourth-order valence-electron chi connectivity index (χ4n) is 2.83. The molecular weight excluding hydrogens is 344 g/mol. The summed E-state index contributed by atoms with van der Waals surface area (Å²) in [6.45, 7) is 4.21. The Labute approximate surface area is 157 Å². The van der Waals surface area contributed by atoms with Gasteiger partial charge in [0.15, 0.2) is 5.76 Å². The minimum atomic E-state index is -0.466. The van der Waals surface area contributed by atoms with Gasteiger partial charge < -0.3 is 9.73 Å². The summed E-state index contributed by atoms with van der Waals surface area (Å²) in [5, 5.41) is 13.8. The van der Waals surface area contributed by atoms with E-state index in [2.05, 4.69) is 19.2 Å². The minimum absolute atomic E-state index is 0.0302. The number of carbonyl (C=O) groups is 1. The summed E-state index contributed by atoms with van der Waals surface area (Å²) in [6, 6.07) is 17.0. The fraction of sp³-hybridized carbons (Fsp3) is 0.190. The molecule has 0 saturated heterocycles. The van der Waals surface area contributed by atoms with Crippen molar-refractivity contribution in [3.63, 3.8) is 0 Å². The van der Waals surface area contributed by atoms with Crippen LogP contribution in [0.3, 0.4) is 0 Å². The molecule has 27 heavy (non-hydrogen) atoms. The number of furan rings is 1. The average Bonchev–Trinajstić information content (AvgIpc) is 3.18. The van der Waals surface area contributed by atoms with Crippen molar-refractivity contribution in [2.45, 2.75) is 26.2 Å². The van der Waals surface area contributed by atoms with Crippen molar-refractivity contribution in [3.05, 3.63) is 82.1 Å². The van der Waals surface area contributed by atoms with Gasteiger partial charge in [0.1, 0.15) is 5.76 Å². The summed E-state index contributed by atoms with van der Waals surface area (Å²) in [7, 11) is 0. The lowest BCUT2D eigenvalue weighted by Gasteiger charge is -2.15. The highest BCUT2D eigenvalue weighted by atomic mass is 16.6. The number of carbonyl (C=O) groups excluding carboxylic acids is 1. The number of nitrogens with zero attached hydrogens (tertiary/aromatic N) is 1. The number of hydrogen-bond donors (Lipinski definition) is 1. The van der Waals surface area contributed by atoms with Crippen molar-refractivity contribution < 1.29 is 14.1 Å². The van der Waals surface area contributed by atoms with E-state index in [0.29, 0.717) is 17.2 Å². The van der Waals surface area contributed by atoms with Crippen LogP contribution < -0.4 is 5.32 Å². The second-order valence-electron chi connectivity index (χ2n) is 6.32. The quantitative estimate of drug-likeness (QED) is 0.454. The molecule has 138 valence electrons. The molecule has 0 spiro atoms. The van der Waals surface area contributed by atoms with Crippen molar-refractivity contribution in [3.8, 4) is 11.3 Å². The Hall–Kier alpha value is -3.41. The lowest BCUT2D eigenvalue weighted by molar-refractivity contribution is -0.384. The molecule has 0 unspecified atom stereocenters. The standard InChI is InChI=1S/C21H20N2O4/c1-3-14(2)17-9-4-5-10-18(17)22-21(24)20-12-11-19(27-20)15-7-6-8-16(13-15)23(25)26/h4-14H,3H2,1-2H3,(H,22,24)/t14-/m0/s1. The lowest BCUT2D eigenvalue weighted by Crippen LogP contribution is -2.13. The van der Waals surface area contributed by atoms with Gasteiger partial charge in [-0.3, -0.25) is 14.9 Å². The molecule has 0 radical (unpaired) electrons. The highest BCUT2D eigenvalue weighted by molar-refractivity contribution is 6.03. The van der Waals surface area contributed by atoms with E-state index in [-0.39, 0.29) is 17.4 Å². The molecule has 6 nitrogen and oxygen atoms in total. The van der Waals surface area contributed by atoms with Crippen LogP contribution >= 0.6 is 0 Å². The predicted octanol–water partition coefficient (Wildman–Crippen LogP) is 5.62. The molecule has 0 aliphatic carbocycles. The average molecular weight is 364 g/mol. The van der Waals surface area contributed by atoms with E-state index < -0.39 is 4.92 Å². The van der Waals surface area contributed by atoms with Crippen molar-refractivity contribution in [1.29, 1.82) is 0 Å². The summed E-state index contributed by atoms with van der Waals surface area (Å²) in [5.41, 5.74) is 2.34. The Balaban J connectivity index is 1.82. The smallest absolute Gasteiger partial charge is 0.291 e. The normalized spacial score (nSPS) is 11.8. The van der Waals surface area contributed by atoms with Crippen molar-refractivity contribution in [2.75, 3.05) is 5.32 Å². The largest absolute Gasteiger partial charge is 0.451 e. The Bertz CT molecular complexity index is 978. The number of anilines is 1. The number of nitrogens with one attached hydrogen (secondary N) is 1. The number of nitro benzene ring substituents is 1. The van der Waals surface area contributed by atoms with Crippen LogP contribution in [-0.4, -0.2) is 10.8 Å². The zero-order valence-electron chi connectivity index (χ0n) is 15.1. The lowest BCUT2D eigenvalue weighted by atomic mass is 9.97. The van der Waals surface area contributed by atoms with E-state index in [1.807, 2.05) is 24.3 Å². The summed E-state index contributed by atoms with van der Waals surface area (Å²) in [6.07, 6.45) is 0.963. The van der Waals surface area contributed by atoms with Gasteiger partial charge in [-0.2, -0.15) is 0 Å². The fourth-order valence-corrected chi connectivity index (χ4v) is 2.83. The van der Waals surface area contributed by atoms with Crippen LogP contribution in [0.5, 0.6) is 0 Å². The predicted molar refractivity (Wildman–Crippen MR) is 104 cm³/mol. The highest BCUT2D eigenvalue weighted by Crippen LogP contribution is 2.28. The molecule has 0 aliphatic rings. The maximum Gasteiger partial charge on any atom is 0.291 e. The van der Waals surface area contributed by atoms with Gasteiger partial charge in [-0.1, -0.05) is 44.2 Å². The Kier molecular flexibility index (Phi) is 5.35. The third kappa shape index (κ3) is 4.06. The van der Waals surface area contributed by atoms with Gasteiger partial charge in [-0.05, 0) is 36.1 Å². The van der Waals surface area contributed by atoms with E-state index in [1.165, 1.54) is 12.1 Å². The van der Waals surface area contributed by atoms with Crippen LogP contribution in [0.2, 0.25) is 0 Å². The molecule has 1 amide bonds. The van der Waals surface area contributed by atoms with E-state index in [0.717, 1.165) is 17.7 Å². The molecule has 0 saturated carbocycles. The number of para-hydroxylation sites is 1. The minimum Gasteiger partial charge on any atom is -0.451 e. The van der Waals surface area contributed by atoms with Crippen molar-refractivity contribution in [1.82, 2.24) is 0 Å². The number of nitro groups is 1. The molecular formula is C21H20N2O4. The van der Waals surface area contributed by atoms with Crippen LogP contribution in [0.25, 0.3) is 11.3 Å². The van der Waals surface area contributed by atoms with Crippen LogP contribution in [0, 0.1) is 10.1 Å². The Morgan fingerprint density at radius 3 is 2.67 bits per heavy atom. The van der Waals surface area contributed by atoms with Gasteiger partial charge in [0.25, 0.3) is 11.6 Å². The molecule has 0 aliphatic heterocycles. The Morgan fingerprint density at radius 2 is 1.93 bits per heavy atom. The monoisotopic (exact) mass is 364 g/mol. The molecule has 1 N–H and O–H groups in total. The zero-order valence-corrected chi connectivity index (χ0v) is 15.1. The second-order valence-corrected chi connectivity index (χ2v) is 6.32. The molecule has 1 heterocycles. The van der Waals surface area contributed by atoms with Gasteiger partial charge in [-0.15, -0.1) is 0 Å². The summed E-state index contributed by atoms with van der Waals surface area (Å²) in [4.78, 5) is 23.0.